The topological polar surface area (TPSA) is 72.4 Å². The number of anilines is 1. The van der Waals surface area contributed by atoms with Gasteiger partial charge in [-0.05, 0) is 44.7 Å². The van der Waals surface area contributed by atoms with Crippen LogP contribution >= 0.6 is 0 Å². The van der Waals surface area contributed by atoms with Gasteiger partial charge in [0.15, 0.2) is 0 Å². The van der Waals surface area contributed by atoms with Gasteiger partial charge in [-0.2, -0.15) is 0 Å². The smallest absolute Gasteiger partial charge is 0.274 e. The van der Waals surface area contributed by atoms with Crippen LogP contribution in [0.5, 0.6) is 0 Å². The maximum Gasteiger partial charge on any atom is 0.274 e. The van der Waals surface area contributed by atoms with Gasteiger partial charge in [0.2, 0.25) is 0 Å². The standard InChI is InChI=1S/C14H21N3O2/c1-11-2-3-13(10-14(11)17(18)19)16-8-5-12(4-7-15)6-9-16/h2-3,10,12H,4-9,15H2,1H3. The van der Waals surface area contributed by atoms with Gasteiger partial charge in [0.05, 0.1) is 4.92 Å². The third kappa shape index (κ3) is 3.23. The van der Waals surface area contributed by atoms with E-state index < -0.39 is 0 Å². The zero-order chi connectivity index (χ0) is 13.8. The number of aryl methyl sites for hydroxylation is 1. The third-order valence-electron chi connectivity index (χ3n) is 3.94. The summed E-state index contributed by atoms with van der Waals surface area (Å²) in [5.41, 5.74) is 7.47. The van der Waals surface area contributed by atoms with Gasteiger partial charge in [-0.1, -0.05) is 6.07 Å². The van der Waals surface area contributed by atoms with E-state index in [1.165, 1.54) is 0 Å². The summed E-state index contributed by atoms with van der Waals surface area (Å²) in [6.07, 6.45) is 3.33. The Bertz CT molecular complexity index is 454. The van der Waals surface area contributed by atoms with Crippen molar-refractivity contribution in [3.63, 3.8) is 0 Å². The van der Waals surface area contributed by atoms with Crippen molar-refractivity contribution in [2.24, 2.45) is 11.7 Å². The molecule has 0 amide bonds. The highest BCUT2D eigenvalue weighted by Gasteiger charge is 2.20. The van der Waals surface area contributed by atoms with Crippen LogP contribution in [0.2, 0.25) is 0 Å². The molecule has 1 aliphatic heterocycles. The predicted molar refractivity (Wildman–Crippen MR) is 76.4 cm³/mol. The molecule has 1 aliphatic rings. The lowest BCUT2D eigenvalue weighted by Gasteiger charge is -2.33. The highest BCUT2D eigenvalue weighted by atomic mass is 16.6. The van der Waals surface area contributed by atoms with Gasteiger partial charge >= 0.3 is 0 Å². The molecule has 2 rings (SSSR count). The summed E-state index contributed by atoms with van der Waals surface area (Å²) in [5, 5.41) is 11.0. The van der Waals surface area contributed by atoms with Crippen LogP contribution in [0.1, 0.15) is 24.8 Å². The van der Waals surface area contributed by atoms with Crippen molar-refractivity contribution in [2.45, 2.75) is 26.2 Å². The van der Waals surface area contributed by atoms with Crippen LogP contribution in [0, 0.1) is 23.0 Å². The molecule has 0 bridgehead atoms. The number of nitro groups is 1. The van der Waals surface area contributed by atoms with Crippen LogP contribution in [0.4, 0.5) is 11.4 Å². The number of nitro benzene ring substituents is 1. The van der Waals surface area contributed by atoms with Gasteiger partial charge in [0.25, 0.3) is 5.69 Å². The molecule has 0 spiro atoms. The lowest BCUT2D eigenvalue weighted by atomic mass is 9.93. The molecule has 1 aromatic carbocycles. The van der Waals surface area contributed by atoms with Crippen LogP contribution in [-0.2, 0) is 0 Å². The fourth-order valence-electron chi connectivity index (χ4n) is 2.71. The van der Waals surface area contributed by atoms with Crippen molar-refractivity contribution in [1.82, 2.24) is 0 Å². The summed E-state index contributed by atoms with van der Waals surface area (Å²) in [7, 11) is 0. The number of nitrogens with two attached hydrogens (primary N) is 1. The van der Waals surface area contributed by atoms with Gasteiger partial charge in [-0.3, -0.25) is 10.1 Å². The Morgan fingerprint density at radius 3 is 2.68 bits per heavy atom. The Morgan fingerprint density at radius 2 is 2.11 bits per heavy atom. The highest BCUT2D eigenvalue weighted by Crippen LogP contribution is 2.29. The van der Waals surface area contributed by atoms with Crippen LogP contribution < -0.4 is 10.6 Å². The normalized spacial score (nSPS) is 16.6. The van der Waals surface area contributed by atoms with Crippen molar-refractivity contribution in [3.8, 4) is 0 Å². The molecule has 1 heterocycles. The second kappa shape index (κ2) is 6.02. The molecule has 1 saturated heterocycles. The average molecular weight is 263 g/mol. The van der Waals surface area contributed by atoms with E-state index in [1.807, 2.05) is 12.1 Å². The first kappa shape index (κ1) is 13.8. The molecule has 0 atom stereocenters. The van der Waals surface area contributed by atoms with Crippen molar-refractivity contribution < 1.29 is 4.92 Å². The minimum absolute atomic E-state index is 0.210. The fourth-order valence-corrected chi connectivity index (χ4v) is 2.71. The summed E-state index contributed by atoms with van der Waals surface area (Å²) < 4.78 is 0. The van der Waals surface area contributed by atoms with E-state index in [0.717, 1.165) is 44.6 Å². The first-order chi connectivity index (χ1) is 9.11. The largest absolute Gasteiger partial charge is 0.371 e. The second-order valence-electron chi connectivity index (χ2n) is 5.24. The Balaban J connectivity index is 2.07. The summed E-state index contributed by atoms with van der Waals surface area (Å²) in [6.45, 7) is 4.45. The molecule has 5 nitrogen and oxygen atoms in total. The molecule has 0 unspecified atom stereocenters. The molecule has 0 saturated carbocycles. The number of benzene rings is 1. The molecule has 1 fully saturated rings. The van der Waals surface area contributed by atoms with Crippen molar-refractivity contribution in [3.05, 3.63) is 33.9 Å². The van der Waals surface area contributed by atoms with Crippen molar-refractivity contribution in [1.29, 1.82) is 0 Å². The molecule has 0 radical (unpaired) electrons. The first-order valence-electron chi connectivity index (χ1n) is 6.82. The Kier molecular flexibility index (Phi) is 4.37. The van der Waals surface area contributed by atoms with Gasteiger partial charge in [0.1, 0.15) is 0 Å². The van der Waals surface area contributed by atoms with E-state index in [0.29, 0.717) is 11.5 Å². The Morgan fingerprint density at radius 1 is 1.42 bits per heavy atom. The predicted octanol–water partition coefficient (Wildman–Crippen LogP) is 2.47. The van der Waals surface area contributed by atoms with Crippen LogP contribution in [-0.4, -0.2) is 24.6 Å². The molecule has 5 heteroatoms. The molecule has 0 aromatic heterocycles. The lowest BCUT2D eigenvalue weighted by Crippen LogP contribution is -2.34. The maximum atomic E-state index is 11.0. The van der Waals surface area contributed by atoms with Crippen LogP contribution in [0.15, 0.2) is 18.2 Å². The van der Waals surface area contributed by atoms with Gasteiger partial charge in [-0.15, -0.1) is 0 Å². The molecule has 19 heavy (non-hydrogen) atoms. The molecule has 104 valence electrons. The fraction of sp³-hybridized carbons (Fsp3) is 0.571. The number of hydrogen-bond donors (Lipinski definition) is 1. The minimum atomic E-state index is -0.306. The highest BCUT2D eigenvalue weighted by molar-refractivity contribution is 5.56. The quantitative estimate of drug-likeness (QED) is 0.669. The van der Waals surface area contributed by atoms with E-state index in [9.17, 15) is 10.1 Å². The zero-order valence-corrected chi connectivity index (χ0v) is 11.3. The maximum absolute atomic E-state index is 11.0. The second-order valence-corrected chi connectivity index (χ2v) is 5.24. The molecular weight excluding hydrogens is 242 g/mol. The summed E-state index contributed by atoms with van der Waals surface area (Å²) in [4.78, 5) is 12.9. The third-order valence-corrected chi connectivity index (χ3v) is 3.94. The zero-order valence-electron chi connectivity index (χ0n) is 11.3. The number of rotatable bonds is 4. The van der Waals surface area contributed by atoms with Crippen molar-refractivity contribution in [2.75, 3.05) is 24.5 Å². The lowest BCUT2D eigenvalue weighted by molar-refractivity contribution is -0.385. The average Bonchev–Trinajstić information content (AvgIpc) is 2.40. The van der Waals surface area contributed by atoms with E-state index in [4.69, 9.17) is 5.73 Å². The van der Waals surface area contributed by atoms with E-state index in [-0.39, 0.29) is 10.6 Å². The number of nitrogens with zero attached hydrogens (tertiary/aromatic N) is 2. The summed E-state index contributed by atoms with van der Waals surface area (Å²) in [6, 6.07) is 5.50. The monoisotopic (exact) mass is 263 g/mol. The van der Waals surface area contributed by atoms with Gasteiger partial charge < -0.3 is 10.6 Å². The van der Waals surface area contributed by atoms with Gasteiger partial charge in [0, 0.05) is 30.4 Å². The summed E-state index contributed by atoms with van der Waals surface area (Å²) in [5.74, 6) is 0.710. The van der Waals surface area contributed by atoms with E-state index >= 15 is 0 Å². The number of hydrogen-bond acceptors (Lipinski definition) is 4. The SMILES string of the molecule is Cc1ccc(N2CCC(CCN)CC2)cc1[N+](=O)[O-]. The van der Waals surface area contributed by atoms with Crippen LogP contribution in [0.25, 0.3) is 0 Å². The minimum Gasteiger partial charge on any atom is -0.371 e. The molecular formula is C14H21N3O2. The first-order valence-corrected chi connectivity index (χ1v) is 6.82. The van der Waals surface area contributed by atoms with E-state index in [1.54, 1.807) is 13.0 Å². The summed E-state index contributed by atoms with van der Waals surface area (Å²) >= 11 is 0. The van der Waals surface area contributed by atoms with Crippen molar-refractivity contribution >= 4 is 11.4 Å². The molecule has 1 aromatic rings. The number of piperidine rings is 1. The molecule has 0 aliphatic carbocycles. The van der Waals surface area contributed by atoms with Gasteiger partial charge in [-0.25, -0.2) is 0 Å². The van der Waals surface area contributed by atoms with Crippen LogP contribution in [0.3, 0.4) is 0 Å². The Labute approximate surface area is 113 Å². The van der Waals surface area contributed by atoms with E-state index in [2.05, 4.69) is 4.90 Å². The Hall–Kier alpha value is -1.62. The molecule has 2 N–H and O–H groups in total.